The van der Waals surface area contributed by atoms with E-state index in [4.69, 9.17) is 0 Å². The summed E-state index contributed by atoms with van der Waals surface area (Å²) < 4.78 is 53.4. The molecule has 2 heterocycles. The van der Waals surface area contributed by atoms with Crippen molar-refractivity contribution in [1.82, 2.24) is 9.88 Å². The van der Waals surface area contributed by atoms with E-state index in [2.05, 4.69) is 9.88 Å². The van der Waals surface area contributed by atoms with Gasteiger partial charge in [0.05, 0.1) is 0 Å². The third-order valence-electron chi connectivity index (χ3n) is 3.46. The molecule has 0 aliphatic carbocycles. The van der Waals surface area contributed by atoms with Crippen molar-refractivity contribution in [3.8, 4) is 0 Å². The number of anilines is 1. The van der Waals surface area contributed by atoms with Crippen molar-refractivity contribution < 1.29 is 17.6 Å². The second kappa shape index (κ2) is 5.32. The van der Waals surface area contributed by atoms with Gasteiger partial charge in [0.1, 0.15) is 5.69 Å². The zero-order valence-electron chi connectivity index (χ0n) is 10.8. The van der Waals surface area contributed by atoms with Crippen molar-refractivity contribution in [3.05, 3.63) is 23.5 Å². The molecule has 0 bridgehead atoms. The minimum absolute atomic E-state index is 0.0526. The van der Waals surface area contributed by atoms with Gasteiger partial charge in [-0.25, -0.2) is 0 Å². The third kappa shape index (κ3) is 2.51. The second-order valence-corrected chi connectivity index (χ2v) is 4.59. The van der Waals surface area contributed by atoms with Crippen LogP contribution in [0.15, 0.2) is 0 Å². The molecule has 0 aromatic carbocycles. The van der Waals surface area contributed by atoms with E-state index in [0.717, 1.165) is 6.54 Å². The predicted octanol–water partition coefficient (Wildman–Crippen LogP) is 2.17. The Labute approximate surface area is 108 Å². The second-order valence-electron chi connectivity index (χ2n) is 4.59. The van der Waals surface area contributed by atoms with Crippen molar-refractivity contribution in [2.75, 3.05) is 31.1 Å². The molecule has 0 radical (unpaired) electrons. The highest BCUT2D eigenvalue weighted by molar-refractivity contribution is 5.49. The minimum atomic E-state index is -1.61. The number of hydrogen-bond acceptors (Lipinski definition) is 3. The number of nitrogens with zero attached hydrogens (tertiary/aromatic N) is 3. The smallest absolute Gasteiger partial charge is 0.253 e. The minimum Gasteiger partial charge on any atom is -0.364 e. The molecule has 3 nitrogen and oxygen atoms in total. The van der Waals surface area contributed by atoms with Gasteiger partial charge in [0.2, 0.25) is 11.6 Å². The van der Waals surface area contributed by atoms with Gasteiger partial charge in [0.15, 0.2) is 0 Å². The molecule has 1 atom stereocenters. The molecule has 1 aliphatic heterocycles. The van der Waals surface area contributed by atoms with Gasteiger partial charge in [-0.05, 0) is 13.5 Å². The Morgan fingerprint density at radius 1 is 1.11 bits per heavy atom. The van der Waals surface area contributed by atoms with E-state index >= 15 is 0 Å². The molecular formula is C12H15F4N3. The van der Waals surface area contributed by atoms with E-state index in [9.17, 15) is 17.6 Å². The molecule has 1 aromatic heterocycles. The van der Waals surface area contributed by atoms with E-state index < -0.39 is 29.2 Å². The lowest BCUT2D eigenvalue weighted by Gasteiger charge is -2.40. The Bertz CT molecular complexity index is 454. The Morgan fingerprint density at radius 3 is 2.16 bits per heavy atom. The van der Waals surface area contributed by atoms with Gasteiger partial charge < -0.3 is 4.90 Å². The first kappa shape index (κ1) is 14.0. The summed E-state index contributed by atoms with van der Waals surface area (Å²) in [5.41, 5.74) is -0.660. The molecule has 106 valence electrons. The molecular weight excluding hydrogens is 262 g/mol. The quantitative estimate of drug-likeness (QED) is 0.610. The van der Waals surface area contributed by atoms with Crippen molar-refractivity contribution in [3.63, 3.8) is 0 Å². The molecule has 0 amide bonds. The van der Waals surface area contributed by atoms with Crippen LogP contribution < -0.4 is 4.90 Å². The molecule has 1 saturated heterocycles. The predicted molar refractivity (Wildman–Crippen MR) is 63.0 cm³/mol. The van der Waals surface area contributed by atoms with Crippen LogP contribution in [0.5, 0.6) is 0 Å². The fourth-order valence-corrected chi connectivity index (χ4v) is 2.42. The Kier molecular flexibility index (Phi) is 3.93. The van der Waals surface area contributed by atoms with Crippen LogP contribution in [0.3, 0.4) is 0 Å². The normalized spacial score (nSPS) is 20.9. The average molecular weight is 277 g/mol. The molecule has 1 aliphatic rings. The highest BCUT2D eigenvalue weighted by atomic mass is 19.2. The lowest BCUT2D eigenvalue weighted by atomic mass is 10.1. The highest BCUT2D eigenvalue weighted by Crippen LogP contribution is 2.28. The molecule has 0 saturated carbocycles. The van der Waals surface area contributed by atoms with Gasteiger partial charge in [-0.2, -0.15) is 22.5 Å². The van der Waals surface area contributed by atoms with Crippen LogP contribution in [0, 0.1) is 23.5 Å². The summed E-state index contributed by atoms with van der Waals surface area (Å²) in [6, 6.07) is 0.0526. The zero-order valence-corrected chi connectivity index (χ0v) is 10.8. The lowest BCUT2D eigenvalue weighted by Crippen LogP contribution is -2.52. The van der Waals surface area contributed by atoms with E-state index in [-0.39, 0.29) is 6.04 Å². The Hall–Kier alpha value is -1.37. The number of halogens is 4. The Balaban J connectivity index is 2.33. The third-order valence-corrected chi connectivity index (χ3v) is 3.46. The Morgan fingerprint density at radius 2 is 1.68 bits per heavy atom. The van der Waals surface area contributed by atoms with Gasteiger partial charge >= 0.3 is 0 Å². The monoisotopic (exact) mass is 277 g/mol. The number of pyridine rings is 1. The number of piperazine rings is 1. The molecule has 7 heteroatoms. The summed E-state index contributed by atoms with van der Waals surface area (Å²) in [6.07, 6.45) is 0. The van der Waals surface area contributed by atoms with E-state index in [0.29, 0.717) is 19.6 Å². The van der Waals surface area contributed by atoms with Crippen LogP contribution in [-0.4, -0.2) is 42.1 Å². The van der Waals surface area contributed by atoms with Gasteiger partial charge in [-0.15, -0.1) is 0 Å². The summed E-state index contributed by atoms with van der Waals surface area (Å²) in [6.45, 7) is 5.92. The van der Waals surface area contributed by atoms with Gasteiger partial charge in [-0.1, -0.05) is 6.92 Å². The van der Waals surface area contributed by atoms with Crippen LogP contribution in [0.25, 0.3) is 0 Å². The summed E-state index contributed by atoms with van der Waals surface area (Å²) >= 11 is 0. The van der Waals surface area contributed by atoms with Crippen molar-refractivity contribution in [1.29, 1.82) is 0 Å². The standard InChI is InChI=1S/C12H15F4N3/c1-3-18-4-5-19(6-7(18)2)10-8(13)11(15)17-12(16)9(10)14/h7H,3-6H2,1-2H3. The van der Waals surface area contributed by atoms with Crippen LogP contribution in [0.4, 0.5) is 23.2 Å². The zero-order chi connectivity index (χ0) is 14.2. The van der Waals surface area contributed by atoms with E-state index in [1.165, 1.54) is 4.90 Å². The van der Waals surface area contributed by atoms with Crippen molar-refractivity contribution >= 4 is 5.69 Å². The molecule has 1 aromatic rings. The van der Waals surface area contributed by atoms with E-state index in [1.807, 2.05) is 13.8 Å². The van der Waals surface area contributed by atoms with Crippen LogP contribution >= 0.6 is 0 Å². The fraction of sp³-hybridized carbons (Fsp3) is 0.583. The van der Waals surface area contributed by atoms with Crippen molar-refractivity contribution in [2.45, 2.75) is 19.9 Å². The van der Waals surface area contributed by atoms with Gasteiger partial charge in [0.25, 0.3) is 11.9 Å². The first-order valence-corrected chi connectivity index (χ1v) is 6.14. The fourth-order valence-electron chi connectivity index (χ4n) is 2.42. The van der Waals surface area contributed by atoms with Gasteiger partial charge in [0, 0.05) is 25.7 Å². The summed E-state index contributed by atoms with van der Waals surface area (Å²) in [5, 5.41) is 0. The number of likely N-dealkylation sites (N-methyl/N-ethyl adjacent to an activating group) is 1. The maximum Gasteiger partial charge on any atom is 0.253 e. The number of aromatic nitrogens is 1. The molecule has 1 unspecified atom stereocenters. The topological polar surface area (TPSA) is 19.4 Å². The first-order chi connectivity index (χ1) is 8.95. The SMILES string of the molecule is CCN1CCN(c2c(F)c(F)nc(F)c2F)CC1C. The lowest BCUT2D eigenvalue weighted by molar-refractivity contribution is 0.198. The number of rotatable bonds is 2. The summed E-state index contributed by atoms with van der Waals surface area (Å²) in [4.78, 5) is 6.01. The van der Waals surface area contributed by atoms with Crippen LogP contribution in [-0.2, 0) is 0 Å². The maximum atomic E-state index is 13.6. The molecule has 0 spiro atoms. The highest BCUT2D eigenvalue weighted by Gasteiger charge is 2.30. The first-order valence-electron chi connectivity index (χ1n) is 6.14. The van der Waals surface area contributed by atoms with E-state index in [1.54, 1.807) is 0 Å². The van der Waals surface area contributed by atoms with Crippen molar-refractivity contribution in [2.24, 2.45) is 0 Å². The van der Waals surface area contributed by atoms with Crippen LogP contribution in [0.2, 0.25) is 0 Å². The number of hydrogen-bond donors (Lipinski definition) is 0. The molecule has 2 rings (SSSR count). The van der Waals surface area contributed by atoms with Crippen LogP contribution in [0.1, 0.15) is 13.8 Å². The largest absolute Gasteiger partial charge is 0.364 e. The maximum absolute atomic E-state index is 13.6. The molecule has 1 fully saturated rings. The summed E-state index contributed by atoms with van der Waals surface area (Å²) in [5.74, 6) is -6.09. The van der Waals surface area contributed by atoms with Gasteiger partial charge in [-0.3, -0.25) is 4.90 Å². The molecule has 19 heavy (non-hydrogen) atoms. The molecule has 0 N–H and O–H groups in total. The average Bonchev–Trinajstić information content (AvgIpc) is 2.37. The summed E-state index contributed by atoms with van der Waals surface area (Å²) in [7, 11) is 0.